The molecule has 2 aliphatic rings. The molecule has 7 nitrogen and oxygen atoms in total. The van der Waals surface area contributed by atoms with Gasteiger partial charge in [0.2, 0.25) is 0 Å². The van der Waals surface area contributed by atoms with E-state index in [-0.39, 0.29) is 17.1 Å². The molecule has 0 radical (unpaired) electrons. The molecule has 0 bridgehead atoms. The fourth-order valence-electron chi connectivity index (χ4n) is 6.68. The van der Waals surface area contributed by atoms with Crippen molar-refractivity contribution < 1.29 is 4.74 Å². The van der Waals surface area contributed by atoms with Crippen molar-refractivity contribution in [2.24, 2.45) is 13.0 Å². The molecule has 3 aromatic rings. The van der Waals surface area contributed by atoms with Crippen molar-refractivity contribution in [1.82, 2.24) is 24.6 Å². The molecule has 2 fully saturated rings. The van der Waals surface area contributed by atoms with Gasteiger partial charge in [-0.05, 0) is 67.7 Å². The van der Waals surface area contributed by atoms with E-state index in [4.69, 9.17) is 4.74 Å². The van der Waals surface area contributed by atoms with Crippen molar-refractivity contribution in [3.05, 3.63) is 51.7 Å². The molecule has 2 aromatic heterocycles. The monoisotopic (exact) mass is 547 g/mol. The van der Waals surface area contributed by atoms with Crippen LogP contribution in [0.2, 0.25) is 0 Å². The summed E-state index contributed by atoms with van der Waals surface area (Å²) in [5.41, 5.74) is 7.34. The lowest BCUT2D eigenvalue weighted by Gasteiger charge is -2.25. The van der Waals surface area contributed by atoms with Crippen LogP contribution in [0.3, 0.4) is 0 Å². The third-order valence-electron chi connectivity index (χ3n) is 9.06. The molecule has 0 amide bonds. The van der Waals surface area contributed by atoms with Gasteiger partial charge in [-0.25, -0.2) is 9.89 Å². The van der Waals surface area contributed by atoms with Crippen molar-refractivity contribution in [1.29, 1.82) is 0 Å². The van der Waals surface area contributed by atoms with E-state index in [9.17, 15) is 4.79 Å². The Hall–Kier alpha value is -2.64. The van der Waals surface area contributed by atoms with Crippen LogP contribution in [0.1, 0.15) is 103 Å². The van der Waals surface area contributed by atoms with Gasteiger partial charge in [-0.1, -0.05) is 65.0 Å². The topological polar surface area (TPSA) is 76.9 Å². The first-order valence-corrected chi connectivity index (χ1v) is 15.4. The predicted octanol–water partition coefficient (Wildman–Crippen LogP) is 6.51. The minimum Gasteiger partial charge on any atom is -0.381 e. The Labute approximate surface area is 239 Å². The van der Waals surface area contributed by atoms with Gasteiger partial charge in [0.15, 0.2) is 5.82 Å². The summed E-state index contributed by atoms with van der Waals surface area (Å²) >= 11 is 0. The molecule has 1 aliphatic carbocycles. The zero-order valence-electron chi connectivity index (χ0n) is 25.5. The van der Waals surface area contributed by atoms with Crippen LogP contribution in [-0.2, 0) is 30.2 Å². The summed E-state index contributed by atoms with van der Waals surface area (Å²) in [6.45, 7) is 13.4. The number of nitrogens with one attached hydrogen (secondary N) is 2. The van der Waals surface area contributed by atoms with Gasteiger partial charge in [-0.3, -0.25) is 4.57 Å². The number of H-pyrrole nitrogens is 1. The van der Waals surface area contributed by atoms with Gasteiger partial charge in [-0.2, -0.15) is 5.10 Å². The molecule has 1 aliphatic heterocycles. The molecule has 1 saturated heterocycles. The summed E-state index contributed by atoms with van der Waals surface area (Å²) < 4.78 is 9.80. The van der Waals surface area contributed by atoms with Crippen LogP contribution >= 0.6 is 0 Å². The van der Waals surface area contributed by atoms with Crippen LogP contribution in [0.15, 0.2) is 29.1 Å². The molecule has 7 heteroatoms. The molecule has 40 heavy (non-hydrogen) atoms. The Morgan fingerprint density at radius 3 is 2.45 bits per heavy atom. The third kappa shape index (κ3) is 6.15. The van der Waals surface area contributed by atoms with Crippen molar-refractivity contribution in [2.75, 3.05) is 13.2 Å². The summed E-state index contributed by atoms with van der Waals surface area (Å²) in [6.07, 6.45) is 10.0. The molecule has 1 saturated carbocycles. The van der Waals surface area contributed by atoms with Crippen LogP contribution in [0.5, 0.6) is 0 Å². The highest BCUT2D eigenvalue weighted by Crippen LogP contribution is 2.39. The van der Waals surface area contributed by atoms with Gasteiger partial charge < -0.3 is 14.6 Å². The Kier molecular flexibility index (Phi) is 8.72. The molecule has 0 spiro atoms. The number of hydrogen-bond acceptors (Lipinski definition) is 4. The maximum absolute atomic E-state index is 12.6. The van der Waals surface area contributed by atoms with Crippen LogP contribution in [0.25, 0.3) is 22.5 Å². The van der Waals surface area contributed by atoms with Crippen molar-refractivity contribution in [3.8, 4) is 22.5 Å². The maximum Gasteiger partial charge on any atom is 0.343 e. The second-order valence-electron chi connectivity index (χ2n) is 13.4. The van der Waals surface area contributed by atoms with Crippen LogP contribution in [0.4, 0.5) is 0 Å². The Bertz CT molecular complexity index is 1340. The summed E-state index contributed by atoms with van der Waals surface area (Å²) in [5.74, 6) is 1.47. The standard InChI is InChI=1S/C33H49N5O2/c1-22(2)38-31(35-36-32(38)39)27-13-12-24(19-29(27)33(3,4)5)28-20-26(21-34-25-14-16-40-17-15-25)37(6)30(28)18-23-10-8-7-9-11-23/h12-13,19-20,22-23,25,34H,7-11,14-18,21H2,1-6H3,(H,36,39). The number of rotatable bonds is 8. The highest BCUT2D eigenvalue weighted by Gasteiger charge is 2.26. The van der Waals surface area contributed by atoms with E-state index in [0.717, 1.165) is 50.5 Å². The zero-order valence-corrected chi connectivity index (χ0v) is 25.5. The molecular formula is C33H49N5O2. The average molecular weight is 548 g/mol. The Morgan fingerprint density at radius 1 is 1.05 bits per heavy atom. The van der Waals surface area contributed by atoms with Gasteiger partial charge in [0.05, 0.1) is 0 Å². The lowest BCUT2D eigenvalue weighted by atomic mass is 9.81. The SMILES string of the molecule is CC(C)n1c(-c2ccc(-c3cc(CNC4CCOCC4)n(C)c3CC3CCCCC3)cc2C(C)(C)C)n[nH]c1=O. The normalized spacial score (nSPS) is 17.7. The van der Waals surface area contributed by atoms with Crippen molar-refractivity contribution >= 4 is 0 Å². The molecule has 0 atom stereocenters. The number of aromatic amines is 1. The summed E-state index contributed by atoms with van der Waals surface area (Å²) in [5, 5.41) is 11.0. The highest BCUT2D eigenvalue weighted by molar-refractivity contribution is 5.74. The minimum absolute atomic E-state index is 0.0238. The highest BCUT2D eigenvalue weighted by atomic mass is 16.5. The first-order valence-electron chi connectivity index (χ1n) is 15.4. The number of benzene rings is 1. The zero-order chi connectivity index (χ0) is 28.4. The van der Waals surface area contributed by atoms with Gasteiger partial charge >= 0.3 is 5.69 Å². The third-order valence-corrected chi connectivity index (χ3v) is 9.06. The van der Waals surface area contributed by atoms with Gasteiger partial charge in [-0.15, -0.1) is 0 Å². The average Bonchev–Trinajstić information content (AvgIpc) is 3.47. The van der Waals surface area contributed by atoms with E-state index in [1.165, 1.54) is 60.2 Å². The lowest BCUT2D eigenvalue weighted by Crippen LogP contribution is -2.34. The van der Waals surface area contributed by atoms with Crippen LogP contribution < -0.4 is 11.0 Å². The lowest BCUT2D eigenvalue weighted by molar-refractivity contribution is 0.0774. The Balaban J connectivity index is 1.56. The van der Waals surface area contributed by atoms with Gasteiger partial charge in [0.25, 0.3) is 0 Å². The van der Waals surface area contributed by atoms with E-state index in [2.05, 4.69) is 72.2 Å². The molecular weight excluding hydrogens is 498 g/mol. The first-order chi connectivity index (χ1) is 19.1. The summed E-state index contributed by atoms with van der Waals surface area (Å²) in [6, 6.07) is 9.74. The Morgan fingerprint density at radius 2 is 1.77 bits per heavy atom. The summed E-state index contributed by atoms with van der Waals surface area (Å²) in [7, 11) is 2.26. The van der Waals surface area contributed by atoms with Gasteiger partial charge in [0.1, 0.15) is 0 Å². The molecule has 218 valence electrons. The van der Waals surface area contributed by atoms with E-state index in [0.29, 0.717) is 11.9 Å². The predicted molar refractivity (Wildman–Crippen MR) is 163 cm³/mol. The van der Waals surface area contributed by atoms with Gasteiger partial charge in [0, 0.05) is 61.4 Å². The van der Waals surface area contributed by atoms with Crippen LogP contribution in [0, 0.1) is 5.92 Å². The maximum atomic E-state index is 12.6. The van der Waals surface area contributed by atoms with E-state index in [1.54, 1.807) is 4.57 Å². The van der Waals surface area contributed by atoms with E-state index < -0.39 is 0 Å². The van der Waals surface area contributed by atoms with Crippen LogP contribution in [-0.4, -0.2) is 38.6 Å². The smallest absolute Gasteiger partial charge is 0.343 e. The van der Waals surface area contributed by atoms with E-state index >= 15 is 0 Å². The quantitative estimate of drug-likeness (QED) is 0.337. The van der Waals surface area contributed by atoms with Crippen molar-refractivity contribution in [2.45, 2.75) is 110 Å². The largest absolute Gasteiger partial charge is 0.381 e. The molecule has 5 rings (SSSR count). The molecule has 0 unspecified atom stereocenters. The number of aromatic nitrogens is 4. The minimum atomic E-state index is -0.159. The number of hydrogen-bond donors (Lipinski definition) is 2. The summed E-state index contributed by atoms with van der Waals surface area (Å²) in [4.78, 5) is 12.6. The molecule has 2 N–H and O–H groups in total. The number of nitrogens with zero attached hydrogens (tertiary/aromatic N) is 3. The first kappa shape index (κ1) is 28.9. The van der Waals surface area contributed by atoms with E-state index in [1.807, 2.05) is 13.8 Å². The molecule has 1 aromatic carbocycles. The molecule has 3 heterocycles. The second-order valence-corrected chi connectivity index (χ2v) is 13.4. The van der Waals surface area contributed by atoms with Crippen molar-refractivity contribution in [3.63, 3.8) is 0 Å². The fourth-order valence-corrected chi connectivity index (χ4v) is 6.68. The second kappa shape index (κ2) is 12.1. The number of ether oxygens (including phenoxy) is 1. The fraction of sp³-hybridized carbons (Fsp3) is 0.636.